The molecule has 0 aromatic heterocycles. The summed E-state index contributed by atoms with van der Waals surface area (Å²) in [6.45, 7) is 7.67. The molecule has 3 unspecified atom stereocenters. The molecular weight excluding hydrogens is 258 g/mol. The maximum Gasteiger partial charge on any atom is 0.0229 e. The first kappa shape index (κ1) is 15.8. The van der Waals surface area contributed by atoms with Crippen molar-refractivity contribution in [3.8, 4) is 0 Å². The highest BCUT2D eigenvalue weighted by atomic mass is 15.2. The molecule has 122 valence electrons. The van der Waals surface area contributed by atoms with Crippen LogP contribution in [0.3, 0.4) is 0 Å². The van der Waals surface area contributed by atoms with Crippen molar-refractivity contribution in [3.63, 3.8) is 0 Å². The zero-order valence-corrected chi connectivity index (χ0v) is 14.4. The van der Waals surface area contributed by atoms with Crippen molar-refractivity contribution in [2.45, 2.75) is 64.0 Å². The summed E-state index contributed by atoms with van der Waals surface area (Å²) in [6.07, 6.45) is 9.96. The topological polar surface area (TPSA) is 18.5 Å². The molecular formula is C18H35N3. The Labute approximate surface area is 131 Å². The molecule has 2 aliphatic carbocycles. The molecule has 3 atom stereocenters. The van der Waals surface area contributed by atoms with Crippen LogP contribution in [0.1, 0.15) is 51.9 Å². The number of nitrogens with zero attached hydrogens (tertiary/aromatic N) is 2. The zero-order chi connectivity index (χ0) is 14.9. The highest BCUT2D eigenvalue weighted by molar-refractivity contribution is 4.94. The molecule has 2 saturated carbocycles. The lowest BCUT2D eigenvalue weighted by Crippen LogP contribution is -2.47. The standard InChI is InChI=1S/C18H35N3/c1-15-5-4-9-18(11-15,13-19-16-6-7-16)14-21-10-8-17(12-21)20(2)3/h15-17,19H,4-14H2,1-3H3. The van der Waals surface area contributed by atoms with Gasteiger partial charge < -0.3 is 15.1 Å². The van der Waals surface area contributed by atoms with E-state index in [1.54, 1.807) is 0 Å². The van der Waals surface area contributed by atoms with Gasteiger partial charge in [-0.3, -0.25) is 0 Å². The highest BCUT2D eigenvalue weighted by Gasteiger charge is 2.39. The van der Waals surface area contributed by atoms with E-state index >= 15 is 0 Å². The quantitative estimate of drug-likeness (QED) is 0.812. The zero-order valence-electron chi connectivity index (χ0n) is 14.4. The third-order valence-corrected chi connectivity index (χ3v) is 6.07. The molecule has 21 heavy (non-hydrogen) atoms. The number of likely N-dealkylation sites (tertiary alicyclic amines) is 1. The highest BCUT2D eigenvalue weighted by Crippen LogP contribution is 2.41. The second kappa shape index (κ2) is 6.55. The van der Waals surface area contributed by atoms with Gasteiger partial charge in [-0.2, -0.15) is 0 Å². The number of hydrogen-bond donors (Lipinski definition) is 1. The third-order valence-electron chi connectivity index (χ3n) is 6.07. The van der Waals surface area contributed by atoms with Gasteiger partial charge in [-0.25, -0.2) is 0 Å². The van der Waals surface area contributed by atoms with Crippen LogP contribution in [-0.4, -0.2) is 62.2 Å². The van der Waals surface area contributed by atoms with Crippen LogP contribution in [0.25, 0.3) is 0 Å². The van der Waals surface area contributed by atoms with Crippen LogP contribution in [0, 0.1) is 11.3 Å². The van der Waals surface area contributed by atoms with E-state index in [0.29, 0.717) is 5.41 Å². The molecule has 1 saturated heterocycles. The fraction of sp³-hybridized carbons (Fsp3) is 1.00. The van der Waals surface area contributed by atoms with Gasteiger partial charge in [0, 0.05) is 31.7 Å². The molecule has 0 aromatic rings. The maximum atomic E-state index is 3.86. The molecule has 0 spiro atoms. The molecule has 0 radical (unpaired) electrons. The average molecular weight is 293 g/mol. The van der Waals surface area contributed by atoms with E-state index in [1.165, 1.54) is 71.1 Å². The minimum Gasteiger partial charge on any atom is -0.313 e. The first-order valence-electron chi connectivity index (χ1n) is 9.18. The lowest BCUT2D eigenvalue weighted by Gasteiger charge is -2.43. The molecule has 0 amide bonds. The number of nitrogens with one attached hydrogen (secondary N) is 1. The molecule has 3 rings (SSSR count). The van der Waals surface area contributed by atoms with E-state index in [4.69, 9.17) is 0 Å². The fourth-order valence-electron chi connectivity index (χ4n) is 4.63. The van der Waals surface area contributed by atoms with Crippen molar-refractivity contribution >= 4 is 0 Å². The van der Waals surface area contributed by atoms with Crippen LogP contribution in [0.15, 0.2) is 0 Å². The van der Waals surface area contributed by atoms with Gasteiger partial charge >= 0.3 is 0 Å². The smallest absolute Gasteiger partial charge is 0.0229 e. The van der Waals surface area contributed by atoms with E-state index < -0.39 is 0 Å². The van der Waals surface area contributed by atoms with E-state index in [-0.39, 0.29) is 0 Å². The summed E-state index contributed by atoms with van der Waals surface area (Å²) >= 11 is 0. The predicted molar refractivity (Wildman–Crippen MR) is 89.6 cm³/mol. The summed E-state index contributed by atoms with van der Waals surface area (Å²) in [6, 6.07) is 1.63. The van der Waals surface area contributed by atoms with Crippen molar-refractivity contribution in [2.75, 3.05) is 40.3 Å². The summed E-state index contributed by atoms with van der Waals surface area (Å²) in [5.41, 5.74) is 0.557. The van der Waals surface area contributed by atoms with Crippen LogP contribution >= 0.6 is 0 Å². The van der Waals surface area contributed by atoms with Crippen LogP contribution in [-0.2, 0) is 0 Å². The molecule has 3 fully saturated rings. The fourth-order valence-corrected chi connectivity index (χ4v) is 4.63. The summed E-state index contributed by atoms with van der Waals surface area (Å²) < 4.78 is 0. The van der Waals surface area contributed by atoms with Crippen LogP contribution in [0.5, 0.6) is 0 Å². The molecule has 1 N–H and O–H groups in total. The SMILES string of the molecule is CC1CCCC(CNC2CC2)(CN2CCC(N(C)C)C2)C1. The molecule has 0 bridgehead atoms. The first-order valence-corrected chi connectivity index (χ1v) is 9.18. The Kier molecular flexibility index (Phi) is 4.92. The predicted octanol–water partition coefficient (Wildman–Crippen LogP) is 2.57. The van der Waals surface area contributed by atoms with Crippen molar-refractivity contribution in [1.82, 2.24) is 15.1 Å². The van der Waals surface area contributed by atoms with Crippen molar-refractivity contribution < 1.29 is 0 Å². The second-order valence-corrected chi connectivity index (χ2v) is 8.50. The monoisotopic (exact) mass is 293 g/mol. The van der Waals surface area contributed by atoms with Crippen molar-refractivity contribution in [2.24, 2.45) is 11.3 Å². The molecule has 1 aliphatic heterocycles. The average Bonchev–Trinajstić information content (AvgIpc) is 3.15. The van der Waals surface area contributed by atoms with Gasteiger partial charge in [0.1, 0.15) is 0 Å². The van der Waals surface area contributed by atoms with Crippen molar-refractivity contribution in [3.05, 3.63) is 0 Å². The van der Waals surface area contributed by atoms with Crippen LogP contribution in [0.4, 0.5) is 0 Å². The third kappa shape index (κ3) is 4.20. The Morgan fingerprint density at radius 2 is 2.00 bits per heavy atom. The largest absolute Gasteiger partial charge is 0.313 e. The first-order chi connectivity index (χ1) is 10.1. The Morgan fingerprint density at radius 3 is 2.62 bits per heavy atom. The summed E-state index contributed by atoms with van der Waals surface area (Å²) in [4.78, 5) is 5.18. The second-order valence-electron chi connectivity index (χ2n) is 8.50. The lowest BCUT2D eigenvalue weighted by molar-refractivity contribution is 0.0876. The summed E-state index contributed by atoms with van der Waals surface area (Å²) in [5, 5.41) is 3.86. The van der Waals surface area contributed by atoms with Gasteiger partial charge in [0.25, 0.3) is 0 Å². The summed E-state index contributed by atoms with van der Waals surface area (Å²) in [5.74, 6) is 0.923. The van der Waals surface area contributed by atoms with E-state index in [0.717, 1.165) is 18.0 Å². The van der Waals surface area contributed by atoms with Crippen molar-refractivity contribution in [1.29, 1.82) is 0 Å². The van der Waals surface area contributed by atoms with E-state index in [2.05, 4.69) is 36.1 Å². The normalized spacial score (nSPS) is 38.3. The van der Waals surface area contributed by atoms with Gasteiger partial charge in [-0.15, -0.1) is 0 Å². The maximum absolute atomic E-state index is 3.86. The molecule has 3 aliphatic rings. The van der Waals surface area contributed by atoms with Gasteiger partial charge in [-0.05, 0) is 64.1 Å². The molecule has 3 nitrogen and oxygen atoms in total. The van der Waals surface area contributed by atoms with E-state index in [9.17, 15) is 0 Å². The van der Waals surface area contributed by atoms with Gasteiger partial charge in [-0.1, -0.05) is 19.8 Å². The Morgan fingerprint density at radius 1 is 1.19 bits per heavy atom. The van der Waals surface area contributed by atoms with Crippen LogP contribution in [0.2, 0.25) is 0 Å². The minimum atomic E-state index is 0.557. The van der Waals surface area contributed by atoms with Gasteiger partial charge in [0.05, 0.1) is 0 Å². The molecule has 3 heteroatoms. The molecule has 0 aromatic carbocycles. The minimum absolute atomic E-state index is 0.557. The molecule has 1 heterocycles. The number of likely N-dealkylation sites (N-methyl/N-ethyl adjacent to an activating group) is 1. The Hall–Kier alpha value is -0.120. The Balaban J connectivity index is 1.58. The number of rotatable bonds is 6. The number of hydrogen-bond acceptors (Lipinski definition) is 3. The van der Waals surface area contributed by atoms with Gasteiger partial charge in [0.15, 0.2) is 0 Å². The Bertz CT molecular complexity index is 339. The lowest BCUT2D eigenvalue weighted by atomic mass is 9.69. The summed E-state index contributed by atoms with van der Waals surface area (Å²) in [7, 11) is 4.47. The van der Waals surface area contributed by atoms with Crippen LogP contribution < -0.4 is 5.32 Å². The van der Waals surface area contributed by atoms with E-state index in [1.807, 2.05) is 0 Å². The van der Waals surface area contributed by atoms with Gasteiger partial charge in [0.2, 0.25) is 0 Å².